The van der Waals surface area contributed by atoms with Crippen molar-refractivity contribution >= 4 is 11.5 Å². The third-order valence-electron chi connectivity index (χ3n) is 1.42. The Morgan fingerprint density at radius 3 is 2.82 bits per heavy atom. The Morgan fingerprint density at radius 2 is 2.18 bits per heavy atom. The molecule has 2 heterocycles. The molecule has 11 heavy (non-hydrogen) atoms. The molecule has 2 aromatic rings. The summed E-state index contributed by atoms with van der Waals surface area (Å²) in [6, 6.07) is 4.00. The number of hydrogen-bond acceptors (Lipinski definition) is 3. The number of aromatic nitrogens is 3. The van der Waals surface area contributed by atoms with Crippen molar-refractivity contribution in [2.75, 3.05) is 0 Å². The fraction of sp³-hybridized carbons (Fsp3) is 0.143. The maximum Gasteiger partial charge on any atom is 0.0952 e. The minimum absolute atomic E-state index is 0.823. The summed E-state index contributed by atoms with van der Waals surface area (Å²) in [5.41, 5.74) is 1.02. The summed E-state index contributed by atoms with van der Waals surface area (Å²) in [4.78, 5) is 0. The Labute approximate surface area is 68.5 Å². The van der Waals surface area contributed by atoms with E-state index >= 15 is 0 Å². The molecule has 0 aliphatic rings. The molecule has 0 saturated heterocycles. The Balaban J connectivity index is 2.14. The molecule has 0 fully saturated rings. The molecule has 3 nitrogen and oxygen atoms in total. The van der Waals surface area contributed by atoms with Gasteiger partial charge in [-0.1, -0.05) is 4.49 Å². The van der Waals surface area contributed by atoms with E-state index in [1.54, 1.807) is 0 Å². The van der Waals surface area contributed by atoms with Crippen LogP contribution in [-0.2, 0) is 6.54 Å². The molecular formula is C7H7N3S. The van der Waals surface area contributed by atoms with Gasteiger partial charge in [0.2, 0.25) is 0 Å². The average molecular weight is 165 g/mol. The monoisotopic (exact) mass is 165 g/mol. The Morgan fingerprint density at radius 1 is 1.36 bits per heavy atom. The molecule has 0 aromatic carbocycles. The molecule has 0 N–H and O–H groups in total. The highest BCUT2D eigenvalue weighted by molar-refractivity contribution is 7.03. The first-order valence-electron chi connectivity index (χ1n) is 3.32. The van der Waals surface area contributed by atoms with Gasteiger partial charge in [-0.15, -0.1) is 5.10 Å². The zero-order valence-corrected chi connectivity index (χ0v) is 6.66. The van der Waals surface area contributed by atoms with Gasteiger partial charge in [-0.25, -0.2) is 0 Å². The van der Waals surface area contributed by atoms with Crippen molar-refractivity contribution in [2.45, 2.75) is 6.54 Å². The number of nitrogens with zero attached hydrogens (tertiary/aromatic N) is 3. The molecule has 0 aliphatic heterocycles. The van der Waals surface area contributed by atoms with Crippen LogP contribution in [0.1, 0.15) is 5.69 Å². The van der Waals surface area contributed by atoms with Gasteiger partial charge in [-0.2, -0.15) is 0 Å². The molecule has 56 valence electrons. The van der Waals surface area contributed by atoms with Gasteiger partial charge in [0, 0.05) is 17.8 Å². The lowest BCUT2D eigenvalue weighted by Gasteiger charge is -1.95. The van der Waals surface area contributed by atoms with Crippen LogP contribution >= 0.6 is 11.5 Å². The largest absolute Gasteiger partial charge is 0.348 e. The first-order valence-corrected chi connectivity index (χ1v) is 4.15. The average Bonchev–Trinajstić information content (AvgIpc) is 2.60. The van der Waals surface area contributed by atoms with Crippen LogP contribution in [0.2, 0.25) is 0 Å². The third-order valence-corrected chi connectivity index (χ3v) is 1.97. The van der Waals surface area contributed by atoms with E-state index in [1.807, 2.05) is 29.9 Å². The second-order valence-corrected chi connectivity index (χ2v) is 2.86. The third kappa shape index (κ3) is 1.46. The molecule has 2 aromatic heterocycles. The van der Waals surface area contributed by atoms with Gasteiger partial charge < -0.3 is 4.57 Å². The Bertz CT molecular complexity index is 266. The lowest BCUT2D eigenvalue weighted by Crippen LogP contribution is -1.95. The van der Waals surface area contributed by atoms with Gasteiger partial charge in [0.15, 0.2) is 0 Å². The molecule has 4 heteroatoms. The van der Waals surface area contributed by atoms with E-state index in [2.05, 4.69) is 14.2 Å². The first-order chi connectivity index (χ1) is 5.45. The van der Waals surface area contributed by atoms with Crippen LogP contribution < -0.4 is 0 Å². The molecule has 0 atom stereocenters. The Hall–Kier alpha value is -1.16. The van der Waals surface area contributed by atoms with Crippen molar-refractivity contribution in [3.05, 3.63) is 35.6 Å². The van der Waals surface area contributed by atoms with Crippen molar-refractivity contribution in [3.63, 3.8) is 0 Å². The van der Waals surface area contributed by atoms with Crippen molar-refractivity contribution in [1.29, 1.82) is 0 Å². The second-order valence-electron chi connectivity index (χ2n) is 2.25. The molecule has 2 rings (SSSR count). The maximum absolute atomic E-state index is 3.94. The van der Waals surface area contributed by atoms with E-state index in [4.69, 9.17) is 0 Å². The predicted molar refractivity (Wildman–Crippen MR) is 43.4 cm³/mol. The zero-order chi connectivity index (χ0) is 7.52. The van der Waals surface area contributed by atoms with Crippen LogP contribution in [0.5, 0.6) is 0 Å². The van der Waals surface area contributed by atoms with Crippen molar-refractivity contribution in [1.82, 2.24) is 14.2 Å². The van der Waals surface area contributed by atoms with Crippen molar-refractivity contribution in [3.8, 4) is 0 Å². The van der Waals surface area contributed by atoms with E-state index in [0.29, 0.717) is 0 Å². The summed E-state index contributed by atoms with van der Waals surface area (Å²) < 4.78 is 5.85. The van der Waals surface area contributed by atoms with Crippen LogP contribution in [0.3, 0.4) is 0 Å². The summed E-state index contributed by atoms with van der Waals surface area (Å²) >= 11 is 1.39. The normalized spacial score (nSPS) is 10.2. The standard InChI is InChI=1S/C7H7N3S/c1-2-4-10(3-1)5-7-6-11-9-8-7/h1-4,6H,5H2. The van der Waals surface area contributed by atoms with Gasteiger partial charge in [0.1, 0.15) is 0 Å². The molecule has 0 spiro atoms. The summed E-state index contributed by atoms with van der Waals surface area (Å²) in [7, 11) is 0. The molecule has 0 unspecified atom stereocenters. The molecule has 0 aliphatic carbocycles. The molecule has 0 bridgehead atoms. The zero-order valence-electron chi connectivity index (χ0n) is 5.84. The maximum atomic E-state index is 3.94. The fourth-order valence-corrected chi connectivity index (χ4v) is 1.36. The van der Waals surface area contributed by atoms with Crippen LogP contribution in [0.4, 0.5) is 0 Å². The van der Waals surface area contributed by atoms with Gasteiger partial charge in [-0.05, 0) is 23.7 Å². The number of rotatable bonds is 2. The highest BCUT2D eigenvalue weighted by Crippen LogP contribution is 2.00. The first kappa shape index (κ1) is 6.54. The lowest BCUT2D eigenvalue weighted by molar-refractivity contribution is 0.775. The van der Waals surface area contributed by atoms with Gasteiger partial charge in [-0.3, -0.25) is 0 Å². The topological polar surface area (TPSA) is 30.7 Å². The van der Waals surface area contributed by atoms with Gasteiger partial charge in [0.05, 0.1) is 12.2 Å². The van der Waals surface area contributed by atoms with Crippen molar-refractivity contribution < 1.29 is 0 Å². The highest BCUT2D eigenvalue weighted by atomic mass is 32.1. The number of hydrogen-bond donors (Lipinski definition) is 0. The summed E-state index contributed by atoms with van der Waals surface area (Å²) in [6.45, 7) is 0.823. The van der Waals surface area contributed by atoms with Crippen LogP contribution in [-0.4, -0.2) is 14.2 Å². The summed E-state index contributed by atoms with van der Waals surface area (Å²) in [6.07, 6.45) is 4.03. The van der Waals surface area contributed by atoms with E-state index in [-0.39, 0.29) is 0 Å². The Kier molecular flexibility index (Phi) is 1.69. The molecule has 0 radical (unpaired) electrons. The lowest BCUT2D eigenvalue weighted by atomic mass is 10.5. The SMILES string of the molecule is c1ccn(Cc2csnn2)c1. The summed E-state index contributed by atoms with van der Waals surface area (Å²) in [5.74, 6) is 0. The molecule has 0 amide bonds. The molecular weight excluding hydrogens is 158 g/mol. The van der Waals surface area contributed by atoms with E-state index < -0.39 is 0 Å². The van der Waals surface area contributed by atoms with Crippen LogP contribution in [0.25, 0.3) is 0 Å². The van der Waals surface area contributed by atoms with Gasteiger partial charge >= 0.3 is 0 Å². The fourth-order valence-electron chi connectivity index (χ4n) is 0.916. The minimum Gasteiger partial charge on any atom is -0.348 e. The summed E-state index contributed by atoms with van der Waals surface area (Å²) in [5, 5.41) is 5.90. The van der Waals surface area contributed by atoms with Crippen LogP contribution in [0, 0.1) is 0 Å². The minimum atomic E-state index is 0.823. The highest BCUT2D eigenvalue weighted by Gasteiger charge is 1.94. The molecule has 0 saturated carbocycles. The van der Waals surface area contributed by atoms with Crippen LogP contribution in [0.15, 0.2) is 29.9 Å². The second kappa shape index (κ2) is 2.84. The van der Waals surface area contributed by atoms with Gasteiger partial charge in [0.25, 0.3) is 0 Å². The van der Waals surface area contributed by atoms with E-state index in [0.717, 1.165) is 12.2 Å². The van der Waals surface area contributed by atoms with E-state index in [1.165, 1.54) is 11.5 Å². The van der Waals surface area contributed by atoms with E-state index in [9.17, 15) is 0 Å². The van der Waals surface area contributed by atoms with Crippen molar-refractivity contribution in [2.24, 2.45) is 0 Å². The quantitative estimate of drug-likeness (QED) is 0.673. The predicted octanol–water partition coefficient (Wildman–Crippen LogP) is 1.39. The smallest absolute Gasteiger partial charge is 0.0952 e.